The summed E-state index contributed by atoms with van der Waals surface area (Å²) < 4.78 is 0. The van der Waals surface area contributed by atoms with Crippen LogP contribution in [0.3, 0.4) is 0 Å². The summed E-state index contributed by atoms with van der Waals surface area (Å²) in [6, 6.07) is 11.6. The number of carbonyl (C=O) groups is 2. The lowest BCUT2D eigenvalue weighted by atomic mass is 10.0. The number of benzene rings is 2. The largest absolute Gasteiger partial charge is 0.480 e. The third-order valence-corrected chi connectivity index (χ3v) is 4.17. The average molecular weight is 371 g/mol. The number of nitrogens with one attached hydrogen (secondary N) is 1. The summed E-state index contributed by atoms with van der Waals surface area (Å²) in [6.07, 6.45) is 1.05. The van der Waals surface area contributed by atoms with E-state index in [1.165, 1.54) is 0 Å². The molecule has 2 aromatic rings. The van der Waals surface area contributed by atoms with Gasteiger partial charge in [0.1, 0.15) is 6.04 Å². The molecule has 0 saturated carbocycles. The lowest BCUT2D eigenvalue weighted by molar-refractivity contribution is -0.142. The van der Waals surface area contributed by atoms with Crippen molar-refractivity contribution in [1.29, 1.82) is 0 Å². The number of carboxylic acid groups (broad SMARTS) is 1. The lowest BCUT2D eigenvalue weighted by Gasteiger charge is -2.18. The Morgan fingerprint density at radius 1 is 1.11 bits per heavy atom. The maximum Gasteiger partial charge on any atom is 0.326 e. The van der Waals surface area contributed by atoms with E-state index >= 15 is 0 Å². The van der Waals surface area contributed by atoms with Crippen molar-refractivity contribution < 1.29 is 14.7 Å². The average Bonchev–Trinajstić information content (AvgIpc) is 2.64. The van der Waals surface area contributed by atoms with Crippen LogP contribution in [-0.4, -0.2) is 41.6 Å². The van der Waals surface area contributed by atoms with Crippen molar-refractivity contribution in [2.24, 2.45) is 22.2 Å². The Balaban J connectivity index is 1.96. The van der Waals surface area contributed by atoms with E-state index in [9.17, 15) is 14.7 Å². The fourth-order valence-corrected chi connectivity index (χ4v) is 2.73. The van der Waals surface area contributed by atoms with Gasteiger partial charge in [-0.1, -0.05) is 42.5 Å². The van der Waals surface area contributed by atoms with Crippen LogP contribution in [0.25, 0.3) is 10.8 Å². The minimum absolute atomic E-state index is 0.0191. The number of nitrogens with zero attached hydrogens (tertiary/aromatic N) is 1. The Morgan fingerprint density at radius 3 is 2.48 bits per heavy atom. The number of guanidine groups is 1. The highest BCUT2D eigenvalue weighted by Crippen LogP contribution is 2.16. The molecule has 2 atom stereocenters. The van der Waals surface area contributed by atoms with Crippen molar-refractivity contribution in [2.45, 2.75) is 31.3 Å². The number of carbonyl (C=O) groups excluding carboxylic acids is 1. The third-order valence-electron chi connectivity index (χ3n) is 4.17. The molecule has 27 heavy (non-hydrogen) atoms. The van der Waals surface area contributed by atoms with Crippen LogP contribution >= 0.6 is 0 Å². The summed E-state index contributed by atoms with van der Waals surface area (Å²) in [4.78, 5) is 27.6. The van der Waals surface area contributed by atoms with E-state index in [0.29, 0.717) is 19.4 Å². The molecule has 0 heterocycles. The number of aliphatic carboxylic acids is 1. The molecule has 0 bridgehead atoms. The first-order valence-corrected chi connectivity index (χ1v) is 8.68. The van der Waals surface area contributed by atoms with Crippen LogP contribution in [0.2, 0.25) is 0 Å². The van der Waals surface area contributed by atoms with Gasteiger partial charge in [-0.3, -0.25) is 9.79 Å². The van der Waals surface area contributed by atoms with Gasteiger partial charge in [0.05, 0.1) is 6.04 Å². The molecule has 8 nitrogen and oxygen atoms in total. The number of rotatable bonds is 9. The molecule has 0 aromatic heterocycles. The minimum Gasteiger partial charge on any atom is -0.480 e. The minimum atomic E-state index is -1.11. The maximum atomic E-state index is 12.2. The Hall–Kier alpha value is -3.13. The van der Waals surface area contributed by atoms with Gasteiger partial charge in [0.2, 0.25) is 5.91 Å². The van der Waals surface area contributed by atoms with E-state index in [4.69, 9.17) is 17.2 Å². The molecule has 0 fully saturated rings. The molecule has 0 spiro atoms. The number of hydrogen-bond acceptors (Lipinski definition) is 4. The predicted molar refractivity (Wildman–Crippen MR) is 105 cm³/mol. The highest BCUT2D eigenvalue weighted by atomic mass is 16.4. The van der Waals surface area contributed by atoms with E-state index in [2.05, 4.69) is 10.3 Å². The van der Waals surface area contributed by atoms with Crippen LogP contribution in [-0.2, 0) is 16.0 Å². The van der Waals surface area contributed by atoms with Crippen molar-refractivity contribution in [3.8, 4) is 0 Å². The number of amides is 1. The van der Waals surface area contributed by atoms with E-state index in [1.54, 1.807) is 0 Å². The molecule has 8 N–H and O–H groups in total. The second-order valence-corrected chi connectivity index (χ2v) is 6.34. The maximum absolute atomic E-state index is 12.2. The summed E-state index contributed by atoms with van der Waals surface area (Å²) in [7, 11) is 0. The quantitative estimate of drug-likeness (QED) is 0.243. The van der Waals surface area contributed by atoms with Crippen molar-refractivity contribution in [3.05, 3.63) is 48.0 Å². The summed E-state index contributed by atoms with van der Waals surface area (Å²) in [5, 5.41) is 14.1. The number of aliphatic imine (C=N–C) groups is 1. The highest BCUT2D eigenvalue weighted by molar-refractivity contribution is 5.87. The topological polar surface area (TPSA) is 157 Å². The van der Waals surface area contributed by atoms with Crippen LogP contribution in [0.1, 0.15) is 18.4 Å². The smallest absolute Gasteiger partial charge is 0.326 e. The van der Waals surface area contributed by atoms with Gasteiger partial charge in [-0.2, -0.15) is 0 Å². The van der Waals surface area contributed by atoms with E-state index in [-0.39, 0.29) is 12.4 Å². The van der Waals surface area contributed by atoms with Gasteiger partial charge in [-0.25, -0.2) is 4.79 Å². The SMILES string of the molecule is NC(N)=NCCC[C@@H](N)C(=O)N[C@@H](Cc1ccc2ccccc2c1)C(=O)O. The molecule has 8 heteroatoms. The lowest BCUT2D eigenvalue weighted by Crippen LogP contribution is -2.49. The third kappa shape index (κ3) is 6.27. The summed E-state index contributed by atoms with van der Waals surface area (Å²) in [6.45, 7) is 0.364. The monoisotopic (exact) mass is 371 g/mol. The number of nitrogens with two attached hydrogens (primary N) is 3. The van der Waals surface area contributed by atoms with E-state index in [1.807, 2.05) is 42.5 Å². The fourth-order valence-electron chi connectivity index (χ4n) is 2.73. The van der Waals surface area contributed by atoms with Gasteiger partial charge in [0.25, 0.3) is 0 Å². The zero-order valence-electron chi connectivity index (χ0n) is 15.0. The first kappa shape index (κ1) is 20.2. The molecule has 2 aromatic carbocycles. The fraction of sp³-hybridized carbons (Fsp3) is 0.316. The van der Waals surface area contributed by atoms with Crippen LogP contribution < -0.4 is 22.5 Å². The van der Waals surface area contributed by atoms with Gasteiger partial charge in [-0.15, -0.1) is 0 Å². The molecule has 0 aliphatic heterocycles. The molecular weight excluding hydrogens is 346 g/mol. The van der Waals surface area contributed by atoms with Crippen molar-refractivity contribution >= 4 is 28.6 Å². The van der Waals surface area contributed by atoms with Crippen LogP contribution in [0, 0.1) is 0 Å². The Kier molecular flexibility index (Phi) is 7.13. The van der Waals surface area contributed by atoms with Crippen molar-refractivity contribution in [3.63, 3.8) is 0 Å². The highest BCUT2D eigenvalue weighted by Gasteiger charge is 2.23. The van der Waals surface area contributed by atoms with Gasteiger partial charge >= 0.3 is 5.97 Å². The zero-order chi connectivity index (χ0) is 19.8. The van der Waals surface area contributed by atoms with Crippen molar-refractivity contribution in [2.75, 3.05) is 6.54 Å². The van der Waals surface area contributed by atoms with Gasteiger partial charge in [0, 0.05) is 13.0 Å². The van der Waals surface area contributed by atoms with Crippen LogP contribution in [0.5, 0.6) is 0 Å². The van der Waals surface area contributed by atoms with Gasteiger partial charge < -0.3 is 27.6 Å². The Bertz CT molecular complexity index is 833. The zero-order valence-corrected chi connectivity index (χ0v) is 15.0. The summed E-state index contributed by atoms with van der Waals surface area (Å²) >= 11 is 0. The predicted octanol–water partition coefficient (Wildman–Crippen LogP) is 0.333. The number of fused-ring (bicyclic) bond motifs is 1. The summed E-state index contributed by atoms with van der Waals surface area (Å²) in [5.74, 6) is -1.63. The molecule has 0 unspecified atom stereocenters. The van der Waals surface area contributed by atoms with Crippen molar-refractivity contribution in [1.82, 2.24) is 5.32 Å². The first-order valence-electron chi connectivity index (χ1n) is 8.68. The molecule has 1 amide bonds. The molecule has 0 aliphatic rings. The summed E-state index contributed by atoms with van der Waals surface area (Å²) in [5.41, 5.74) is 17.1. The number of carboxylic acids is 1. The molecular formula is C19H25N5O3. The molecule has 144 valence electrons. The molecule has 2 rings (SSSR count). The van der Waals surface area contributed by atoms with Crippen LogP contribution in [0.4, 0.5) is 0 Å². The Morgan fingerprint density at radius 2 is 1.81 bits per heavy atom. The van der Waals surface area contributed by atoms with Gasteiger partial charge in [-0.05, 0) is 29.2 Å². The molecule has 0 radical (unpaired) electrons. The molecule has 0 saturated heterocycles. The van der Waals surface area contributed by atoms with E-state index in [0.717, 1.165) is 16.3 Å². The van der Waals surface area contributed by atoms with Crippen LogP contribution in [0.15, 0.2) is 47.5 Å². The normalized spacial score (nSPS) is 12.9. The second kappa shape index (κ2) is 9.54. The number of hydrogen-bond donors (Lipinski definition) is 5. The first-order chi connectivity index (χ1) is 12.9. The standard InChI is InChI=1S/C19H25N5O3/c20-15(6-3-9-23-19(21)22)17(25)24-16(18(26)27)11-12-7-8-13-4-1-2-5-14(13)10-12/h1-2,4-5,7-8,10,15-16H,3,6,9,11,20H2,(H,24,25)(H,26,27)(H4,21,22,23)/t15-,16+/m1/s1. The molecule has 0 aliphatic carbocycles. The van der Waals surface area contributed by atoms with E-state index < -0.39 is 24.0 Å². The second-order valence-electron chi connectivity index (χ2n) is 6.34. The van der Waals surface area contributed by atoms with Gasteiger partial charge in [0.15, 0.2) is 5.96 Å². The Labute approximate surface area is 157 Å².